The molecular formula is C15H21NO5. The number of rotatable bonds is 7. The third-order valence-corrected chi connectivity index (χ3v) is 3.62. The standard InChI is InChI=1S/C15H21NO5/c1-4-5-15(2,14(17)18)16-8-10-6-11(19-3)13-12(7-10)20-9-21-13/h6-7,16H,4-5,8-9H2,1-3H3,(H,17,18). The average Bonchev–Trinajstić information content (AvgIpc) is 2.92. The van der Waals surface area contributed by atoms with Crippen LogP contribution in [0, 0.1) is 0 Å². The van der Waals surface area contributed by atoms with Gasteiger partial charge in [-0.3, -0.25) is 10.1 Å². The topological polar surface area (TPSA) is 77.0 Å². The van der Waals surface area contributed by atoms with Crippen LogP contribution < -0.4 is 19.5 Å². The van der Waals surface area contributed by atoms with E-state index in [0.29, 0.717) is 30.2 Å². The monoisotopic (exact) mass is 295 g/mol. The summed E-state index contributed by atoms with van der Waals surface area (Å²) < 4.78 is 16.0. The van der Waals surface area contributed by atoms with E-state index in [0.717, 1.165) is 12.0 Å². The molecular weight excluding hydrogens is 274 g/mol. The lowest BCUT2D eigenvalue weighted by Crippen LogP contribution is -2.48. The van der Waals surface area contributed by atoms with Gasteiger partial charge in [-0.2, -0.15) is 0 Å². The van der Waals surface area contributed by atoms with Crippen LogP contribution in [0.15, 0.2) is 12.1 Å². The Kier molecular flexibility index (Phi) is 4.57. The summed E-state index contributed by atoms with van der Waals surface area (Å²) >= 11 is 0. The summed E-state index contributed by atoms with van der Waals surface area (Å²) in [4.78, 5) is 11.4. The number of methoxy groups -OCH3 is 1. The Morgan fingerprint density at radius 2 is 2.24 bits per heavy atom. The number of benzene rings is 1. The molecule has 0 bridgehead atoms. The normalized spacial score (nSPS) is 15.6. The van der Waals surface area contributed by atoms with Gasteiger partial charge in [0.1, 0.15) is 5.54 Å². The zero-order valence-corrected chi connectivity index (χ0v) is 12.6. The van der Waals surface area contributed by atoms with Gasteiger partial charge in [0.15, 0.2) is 11.5 Å². The molecule has 6 heteroatoms. The van der Waals surface area contributed by atoms with Crippen molar-refractivity contribution in [2.24, 2.45) is 0 Å². The summed E-state index contributed by atoms with van der Waals surface area (Å²) in [6.45, 7) is 4.25. The van der Waals surface area contributed by atoms with Crippen molar-refractivity contribution in [2.75, 3.05) is 13.9 Å². The van der Waals surface area contributed by atoms with Crippen molar-refractivity contribution in [3.05, 3.63) is 17.7 Å². The molecule has 116 valence electrons. The van der Waals surface area contributed by atoms with Crippen LogP contribution in [0.2, 0.25) is 0 Å². The molecule has 21 heavy (non-hydrogen) atoms. The molecule has 1 aliphatic heterocycles. The highest BCUT2D eigenvalue weighted by Gasteiger charge is 2.31. The number of nitrogens with one attached hydrogen (secondary N) is 1. The molecule has 2 rings (SSSR count). The van der Waals surface area contributed by atoms with Gasteiger partial charge >= 0.3 is 5.97 Å². The lowest BCUT2D eigenvalue weighted by Gasteiger charge is -2.26. The zero-order chi connectivity index (χ0) is 15.5. The van der Waals surface area contributed by atoms with Crippen molar-refractivity contribution in [1.29, 1.82) is 0 Å². The van der Waals surface area contributed by atoms with Crippen LogP contribution in [0.5, 0.6) is 17.2 Å². The Morgan fingerprint density at radius 3 is 2.86 bits per heavy atom. The number of hydrogen-bond donors (Lipinski definition) is 2. The maximum atomic E-state index is 11.4. The predicted octanol–water partition coefficient (Wildman–Crippen LogP) is 2.16. The van der Waals surface area contributed by atoms with Crippen LogP contribution in [-0.2, 0) is 11.3 Å². The third-order valence-electron chi connectivity index (χ3n) is 3.62. The van der Waals surface area contributed by atoms with Gasteiger partial charge in [0.25, 0.3) is 0 Å². The van der Waals surface area contributed by atoms with E-state index >= 15 is 0 Å². The first-order chi connectivity index (χ1) is 10.00. The molecule has 6 nitrogen and oxygen atoms in total. The van der Waals surface area contributed by atoms with E-state index in [2.05, 4.69) is 5.32 Å². The summed E-state index contributed by atoms with van der Waals surface area (Å²) in [5.41, 5.74) is -0.0575. The van der Waals surface area contributed by atoms with Crippen LogP contribution >= 0.6 is 0 Å². The number of ether oxygens (including phenoxy) is 3. The fourth-order valence-electron chi connectivity index (χ4n) is 2.35. The lowest BCUT2D eigenvalue weighted by molar-refractivity contribution is -0.144. The number of aliphatic carboxylic acids is 1. The lowest BCUT2D eigenvalue weighted by atomic mass is 9.96. The van der Waals surface area contributed by atoms with Crippen molar-refractivity contribution in [3.63, 3.8) is 0 Å². The largest absolute Gasteiger partial charge is 0.493 e. The van der Waals surface area contributed by atoms with Gasteiger partial charge in [0, 0.05) is 6.54 Å². The van der Waals surface area contributed by atoms with Gasteiger partial charge < -0.3 is 19.3 Å². The zero-order valence-electron chi connectivity index (χ0n) is 12.6. The van der Waals surface area contributed by atoms with Gasteiger partial charge in [-0.15, -0.1) is 0 Å². The molecule has 1 heterocycles. The van der Waals surface area contributed by atoms with Crippen molar-refractivity contribution >= 4 is 5.97 Å². The molecule has 0 aliphatic carbocycles. The van der Waals surface area contributed by atoms with E-state index in [1.807, 2.05) is 19.1 Å². The van der Waals surface area contributed by atoms with Crippen molar-refractivity contribution in [1.82, 2.24) is 5.32 Å². The van der Waals surface area contributed by atoms with Gasteiger partial charge in [0.05, 0.1) is 7.11 Å². The van der Waals surface area contributed by atoms with Gasteiger partial charge in [-0.05, 0) is 31.0 Å². The fraction of sp³-hybridized carbons (Fsp3) is 0.533. The van der Waals surface area contributed by atoms with E-state index in [4.69, 9.17) is 14.2 Å². The Balaban J connectivity index is 2.15. The van der Waals surface area contributed by atoms with E-state index in [1.54, 1.807) is 14.0 Å². The van der Waals surface area contributed by atoms with Crippen LogP contribution in [0.4, 0.5) is 0 Å². The highest BCUT2D eigenvalue weighted by Crippen LogP contribution is 2.41. The van der Waals surface area contributed by atoms with E-state index in [9.17, 15) is 9.90 Å². The summed E-state index contributed by atoms with van der Waals surface area (Å²) in [7, 11) is 1.56. The molecule has 0 saturated carbocycles. The minimum atomic E-state index is -0.946. The molecule has 2 N–H and O–H groups in total. The van der Waals surface area contributed by atoms with Crippen LogP contribution in [0.3, 0.4) is 0 Å². The van der Waals surface area contributed by atoms with Gasteiger partial charge in [0.2, 0.25) is 12.5 Å². The van der Waals surface area contributed by atoms with Crippen LogP contribution in [0.1, 0.15) is 32.3 Å². The highest BCUT2D eigenvalue weighted by molar-refractivity contribution is 5.78. The Bertz CT molecular complexity index is 531. The van der Waals surface area contributed by atoms with E-state index in [1.165, 1.54) is 0 Å². The maximum absolute atomic E-state index is 11.4. The Morgan fingerprint density at radius 1 is 1.48 bits per heavy atom. The molecule has 1 aliphatic rings. The molecule has 1 aromatic carbocycles. The van der Waals surface area contributed by atoms with Gasteiger partial charge in [-0.1, -0.05) is 13.3 Å². The van der Waals surface area contributed by atoms with Crippen molar-refractivity contribution < 1.29 is 24.1 Å². The van der Waals surface area contributed by atoms with Crippen molar-refractivity contribution in [2.45, 2.75) is 38.8 Å². The molecule has 0 amide bonds. The first-order valence-corrected chi connectivity index (χ1v) is 6.95. The SMILES string of the molecule is CCCC(C)(NCc1cc(OC)c2c(c1)OCO2)C(=O)O. The predicted molar refractivity (Wildman–Crippen MR) is 76.9 cm³/mol. The number of hydrogen-bond acceptors (Lipinski definition) is 5. The van der Waals surface area contributed by atoms with Gasteiger partial charge in [-0.25, -0.2) is 0 Å². The van der Waals surface area contributed by atoms with Crippen LogP contribution in [0.25, 0.3) is 0 Å². The molecule has 0 saturated heterocycles. The van der Waals surface area contributed by atoms with E-state index < -0.39 is 11.5 Å². The molecule has 0 radical (unpaired) electrons. The molecule has 1 unspecified atom stereocenters. The second-order valence-electron chi connectivity index (χ2n) is 5.27. The van der Waals surface area contributed by atoms with Crippen molar-refractivity contribution in [3.8, 4) is 17.2 Å². The minimum Gasteiger partial charge on any atom is -0.493 e. The quantitative estimate of drug-likeness (QED) is 0.802. The number of carboxylic acid groups (broad SMARTS) is 1. The minimum absolute atomic E-state index is 0.172. The van der Waals surface area contributed by atoms with Crippen LogP contribution in [-0.4, -0.2) is 30.5 Å². The molecule has 0 aromatic heterocycles. The summed E-state index contributed by atoms with van der Waals surface area (Å²) in [6.07, 6.45) is 1.35. The first kappa shape index (κ1) is 15.4. The summed E-state index contributed by atoms with van der Waals surface area (Å²) in [6, 6.07) is 3.67. The maximum Gasteiger partial charge on any atom is 0.323 e. The average molecular weight is 295 g/mol. The smallest absolute Gasteiger partial charge is 0.323 e. The molecule has 0 spiro atoms. The third kappa shape index (κ3) is 3.21. The highest BCUT2D eigenvalue weighted by atomic mass is 16.7. The Labute approximate surface area is 124 Å². The molecule has 1 atom stereocenters. The molecule has 1 aromatic rings. The first-order valence-electron chi connectivity index (χ1n) is 6.95. The summed E-state index contributed by atoms with van der Waals surface area (Å²) in [5.74, 6) is 0.959. The second-order valence-corrected chi connectivity index (χ2v) is 5.27. The van der Waals surface area contributed by atoms with E-state index in [-0.39, 0.29) is 6.79 Å². The number of fused-ring (bicyclic) bond motifs is 1. The Hall–Kier alpha value is -1.95. The molecule has 0 fully saturated rings. The second kappa shape index (κ2) is 6.22. The number of carbonyl (C=O) groups is 1. The summed E-state index contributed by atoms with van der Waals surface area (Å²) in [5, 5.41) is 12.5. The fourth-order valence-corrected chi connectivity index (χ4v) is 2.35. The number of carboxylic acids is 1.